The van der Waals surface area contributed by atoms with Gasteiger partial charge in [0.2, 0.25) is 0 Å². The maximum absolute atomic E-state index is 12.4. The molecule has 1 aliphatic carbocycles. The van der Waals surface area contributed by atoms with Gasteiger partial charge in [0.25, 0.3) is 5.91 Å². The Labute approximate surface area is 152 Å². The van der Waals surface area contributed by atoms with Crippen LogP contribution in [-0.4, -0.2) is 28.6 Å². The first-order valence-corrected chi connectivity index (χ1v) is 9.09. The number of rotatable bonds is 4. The van der Waals surface area contributed by atoms with Gasteiger partial charge in [-0.15, -0.1) is 0 Å². The lowest BCUT2D eigenvalue weighted by molar-refractivity contribution is 0.0910. The minimum Gasteiger partial charge on any atom is -0.464 e. The molecule has 0 radical (unpaired) electrons. The average molecular weight is 350 g/mol. The maximum atomic E-state index is 12.4. The van der Waals surface area contributed by atoms with Crippen molar-refractivity contribution >= 4 is 16.9 Å². The van der Waals surface area contributed by atoms with Crippen LogP contribution in [0.1, 0.15) is 36.0 Å². The summed E-state index contributed by atoms with van der Waals surface area (Å²) in [7, 11) is 0. The van der Waals surface area contributed by atoms with Crippen LogP contribution in [0.3, 0.4) is 0 Å². The first kappa shape index (κ1) is 16.8. The van der Waals surface area contributed by atoms with E-state index in [-0.39, 0.29) is 12.0 Å². The Morgan fingerprint density at radius 1 is 1.12 bits per heavy atom. The highest BCUT2D eigenvalue weighted by Gasteiger charge is 2.20. The van der Waals surface area contributed by atoms with E-state index >= 15 is 0 Å². The third-order valence-electron chi connectivity index (χ3n) is 5.17. The number of carbonyl (C=O) groups is 1. The molecule has 2 heterocycles. The molecular formula is C21H22N2O3. The minimum atomic E-state index is -0.164. The van der Waals surface area contributed by atoms with Crippen LogP contribution in [0.25, 0.3) is 22.2 Å². The molecular weight excluding hydrogens is 328 g/mol. The summed E-state index contributed by atoms with van der Waals surface area (Å²) in [5, 5.41) is 13.5. The minimum absolute atomic E-state index is 0.0582. The number of amides is 1. The van der Waals surface area contributed by atoms with Crippen molar-refractivity contribution < 1.29 is 14.3 Å². The predicted octanol–water partition coefficient (Wildman–Crippen LogP) is 3.78. The van der Waals surface area contributed by atoms with Gasteiger partial charge in [-0.05, 0) is 55.9 Å². The number of aliphatic hydroxyl groups excluding tert-OH is 1. The van der Waals surface area contributed by atoms with E-state index in [1.54, 1.807) is 12.5 Å². The average Bonchev–Trinajstić information content (AvgIpc) is 3.16. The summed E-state index contributed by atoms with van der Waals surface area (Å²) < 4.78 is 5.42. The quantitative estimate of drug-likeness (QED) is 0.751. The van der Waals surface area contributed by atoms with E-state index in [2.05, 4.69) is 10.3 Å². The monoisotopic (exact) mass is 350 g/mol. The van der Waals surface area contributed by atoms with Gasteiger partial charge in [-0.3, -0.25) is 9.78 Å². The number of nitrogens with zero attached hydrogens (tertiary/aromatic N) is 1. The molecule has 0 saturated heterocycles. The summed E-state index contributed by atoms with van der Waals surface area (Å²) in [4.78, 5) is 16.8. The van der Waals surface area contributed by atoms with E-state index in [0.29, 0.717) is 18.0 Å². The number of hydrogen-bond acceptors (Lipinski definition) is 4. The Morgan fingerprint density at radius 3 is 2.65 bits per heavy atom. The fraction of sp³-hybridized carbons (Fsp3) is 0.333. The molecule has 0 atom stereocenters. The second-order valence-corrected chi connectivity index (χ2v) is 6.95. The van der Waals surface area contributed by atoms with Crippen LogP contribution in [0.2, 0.25) is 0 Å². The second-order valence-electron chi connectivity index (χ2n) is 6.95. The number of carbonyl (C=O) groups excluding carboxylic acids is 1. The van der Waals surface area contributed by atoms with E-state index in [4.69, 9.17) is 4.42 Å². The molecule has 1 saturated carbocycles. The number of fused-ring (bicyclic) bond motifs is 1. The summed E-state index contributed by atoms with van der Waals surface area (Å²) in [6, 6.07) is 11.2. The molecule has 5 heteroatoms. The zero-order chi connectivity index (χ0) is 17.9. The third kappa shape index (κ3) is 3.48. The highest BCUT2D eigenvalue weighted by Crippen LogP contribution is 2.27. The van der Waals surface area contributed by atoms with Gasteiger partial charge < -0.3 is 14.8 Å². The van der Waals surface area contributed by atoms with Gasteiger partial charge in [-0.1, -0.05) is 12.1 Å². The lowest BCUT2D eigenvalue weighted by atomic mass is 9.87. The van der Waals surface area contributed by atoms with Crippen molar-refractivity contribution in [2.24, 2.45) is 5.92 Å². The molecule has 1 aliphatic rings. The van der Waals surface area contributed by atoms with Crippen molar-refractivity contribution in [2.75, 3.05) is 6.54 Å². The normalized spacial score (nSPS) is 20.2. The number of aromatic nitrogens is 1. The number of benzene rings is 1. The summed E-state index contributed by atoms with van der Waals surface area (Å²) in [5.74, 6) is 0.404. The standard InChI is InChI=1S/C21H22N2O3/c24-17-7-1-14(2-8-17)13-23-21(25)16-5-3-15(4-6-16)20-18-10-12-26-19(18)9-11-22-20/h3-6,9-12,14,17,24H,1-2,7-8,13H2,(H,23,25). The van der Waals surface area contributed by atoms with E-state index in [0.717, 1.165) is 47.9 Å². The van der Waals surface area contributed by atoms with Crippen molar-refractivity contribution in [1.82, 2.24) is 10.3 Å². The number of hydrogen-bond donors (Lipinski definition) is 2. The first-order valence-electron chi connectivity index (χ1n) is 9.09. The molecule has 1 aromatic carbocycles. The number of aliphatic hydroxyl groups is 1. The van der Waals surface area contributed by atoms with Crippen LogP contribution >= 0.6 is 0 Å². The Morgan fingerprint density at radius 2 is 1.88 bits per heavy atom. The lowest BCUT2D eigenvalue weighted by Crippen LogP contribution is -2.32. The summed E-state index contributed by atoms with van der Waals surface area (Å²) in [5.41, 5.74) is 3.25. The largest absolute Gasteiger partial charge is 0.464 e. The zero-order valence-corrected chi connectivity index (χ0v) is 14.5. The van der Waals surface area contributed by atoms with Gasteiger partial charge in [0.15, 0.2) is 0 Å². The SMILES string of the molecule is O=C(NCC1CCC(O)CC1)c1ccc(-c2nccc3occc23)cc1. The highest BCUT2D eigenvalue weighted by molar-refractivity contribution is 5.96. The van der Waals surface area contributed by atoms with Gasteiger partial charge in [-0.25, -0.2) is 0 Å². The van der Waals surface area contributed by atoms with Crippen LogP contribution < -0.4 is 5.32 Å². The summed E-state index contributed by atoms with van der Waals surface area (Å²) in [6.45, 7) is 0.670. The highest BCUT2D eigenvalue weighted by atomic mass is 16.3. The number of nitrogens with one attached hydrogen (secondary N) is 1. The zero-order valence-electron chi connectivity index (χ0n) is 14.5. The Hall–Kier alpha value is -2.66. The van der Waals surface area contributed by atoms with Gasteiger partial charge in [0.1, 0.15) is 5.58 Å². The van der Waals surface area contributed by atoms with Crippen molar-refractivity contribution in [3.63, 3.8) is 0 Å². The molecule has 1 fully saturated rings. The van der Waals surface area contributed by atoms with Crippen molar-refractivity contribution in [3.8, 4) is 11.3 Å². The molecule has 0 spiro atoms. The van der Waals surface area contributed by atoms with Crippen LogP contribution in [-0.2, 0) is 0 Å². The number of pyridine rings is 1. The maximum Gasteiger partial charge on any atom is 0.251 e. The van der Waals surface area contributed by atoms with Crippen LogP contribution in [0.5, 0.6) is 0 Å². The van der Waals surface area contributed by atoms with Gasteiger partial charge in [0.05, 0.1) is 18.1 Å². The predicted molar refractivity (Wildman–Crippen MR) is 99.7 cm³/mol. The van der Waals surface area contributed by atoms with Crippen molar-refractivity contribution in [3.05, 3.63) is 54.4 Å². The van der Waals surface area contributed by atoms with E-state index in [9.17, 15) is 9.90 Å². The molecule has 5 nitrogen and oxygen atoms in total. The molecule has 0 unspecified atom stereocenters. The molecule has 134 valence electrons. The van der Waals surface area contributed by atoms with E-state index in [1.165, 1.54) is 0 Å². The van der Waals surface area contributed by atoms with Gasteiger partial charge in [0, 0.05) is 29.3 Å². The fourth-order valence-corrected chi connectivity index (χ4v) is 3.59. The molecule has 2 N–H and O–H groups in total. The molecule has 3 aromatic rings. The molecule has 1 amide bonds. The Bertz CT molecular complexity index is 893. The van der Waals surface area contributed by atoms with Gasteiger partial charge in [-0.2, -0.15) is 0 Å². The first-order chi connectivity index (χ1) is 12.7. The van der Waals surface area contributed by atoms with Crippen molar-refractivity contribution in [2.45, 2.75) is 31.8 Å². The van der Waals surface area contributed by atoms with E-state index in [1.807, 2.05) is 36.4 Å². The summed E-state index contributed by atoms with van der Waals surface area (Å²) >= 11 is 0. The van der Waals surface area contributed by atoms with Crippen LogP contribution in [0, 0.1) is 5.92 Å². The second kappa shape index (κ2) is 7.30. The fourth-order valence-electron chi connectivity index (χ4n) is 3.59. The molecule has 0 bridgehead atoms. The Kier molecular flexibility index (Phi) is 4.71. The van der Waals surface area contributed by atoms with Gasteiger partial charge >= 0.3 is 0 Å². The molecule has 26 heavy (non-hydrogen) atoms. The van der Waals surface area contributed by atoms with Crippen LogP contribution in [0.15, 0.2) is 53.3 Å². The topological polar surface area (TPSA) is 75.4 Å². The number of furan rings is 1. The lowest BCUT2D eigenvalue weighted by Gasteiger charge is -2.25. The smallest absolute Gasteiger partial charge is 0.251 e. The summed E-state index contributed by atoms with van der Waals surface area (Å²) in [6.07, 6.45) is 6.83. The molecule has 4 rings (SSSR count). The third-order valence-corrected chi connectivity index (χ3v) is 5.17. The van der Waals surface area contributed by atoms with E-state index < -0.39 is 0 Å². The molecule has 0 aliphatic heterocycles. The van der Waals surface area contributed by atoms with Crippen LogP contribution in [0.4, 0.5) is 0 Å². The molecule has 2 aromatic heterocycles. The van der Waals surface area contributed by atoms with Crippen molar-refractivity contribution in [1.29, 1.82) is 0 Å². The Balaban J connectivity index is 1.42.